The molecular formula is C15H19NS. The van der Waals surface area contributed by atoms with Crippen molar-refractivity contribution >= 4 is 11.3 Å². The molecule has 0 bridgehead atoms. The summed E-state index contributed by atoms with van der Waals surface area (Å²) >= 11 is 1.86. The van der Waals surface area contributed by atoms with Crippen molar-refractivity contribution in [2.24, 2.45) is 5.73 Å². The lowest BCUT2D eigenvalue weighted by molar-refractivity contribution is 0.790. The molecule has 90 valence electrons. The molecule has 1 aromatic carbocycles. The minimum Gasteiger partial charge on any atom is -0.330 e. The van der Waals surface area contributed by atoms with Gasteiger partial charge in [-0.15, -0.1) is 11.3 Å². The first-order valence-electron chi connectivity index (χ1n) is 5.99. The Morgan fingerprint density at radius 1 is 1.18 bits per heavy atom. The highest BCUT2D eigenvalue weighted by molar-refractivity contribution is 7.15. The molecule has 1 atom stereocenters. The molecule has 0 aliphatic rings. The summed E-state index contributed by atoms with van der Waals surface area (Å²) in [5.74, 6) is 0.458. The molecule has 17 heavy (non-hydrogen) atoms. The zero-order valence-electron chi connectivity index (χ0n) is 10.7. The number of nitrogens with two attached hydrogens (primary N) is 1. The average molecular weight is 245 g/mol. The number of rotatable bonds is 3. The standard InChI is InChI=1S/C15H19NS/c1-10-4-5-13(11(2)8-10)15-7-6-14(17-15)12(3)9-16/h4-8,12H,9,16H2,1-3H3. The minimum atomic E-state index is 0.458. The lowest BCUT2D eigenvalue weighted by Gasteiger charge is -2.05. The van der Waals surface area contributed by atoms with Crippen molar-refractivity contribution in [3.05, 3.63) is 46.3 Å². The van der Waals surface area contributed by atoms with Gasteiger partial charge in [0.25, 0.3) is 0 Å². The maximum atomic E-state index is 5.71. The summed E-state index contributed by atoms with van der Waals surface area (Å²) in [5, 5.41) is 0. The molecule has 0 radical (unpaired) electrons. The van der Waals surface area contributed by atoms with Gasteiger partial charge in [-0.1, -0.05) is 30.7 Å². The lowest BCUT2D eigenvalue weighted by Crippen LogP contribution is -2.06. The zero-order valence-corrected chi connectivity index (χ0v) is 11.5. The molecule has 2 heteroatoms. The molecule has 2 aromatic rings. The van der Waals surface area contributed by atoms with Crippen molar-refractivity contribution < 1.29 is 0 Å². The average Bonchev–Trinajstić information content (AvgIpc) is 2.77. The van der Waals surface area contributed by atoms with Crippen LogP contribution in [-0.2, 0) is 0 Å². The van der Waals surface area contributed by atoms with E-state index in [0.29, 0.717) is 12.5 Å². The molecule has 0 aliphatic heterocycles. The van der Waals surface area contributed by atoms with Gasteiger partial charge in [-0.3, -0.25) is 0 Å². The first-order chi connectivity index (χ1) is 8.11. The van der Waals surface area contributed by atoms with Gasteiger partial charge in [0.05, 0.1) is 0 Å². The summed E-state index contributed by atoms with van der Waals surface area (Å²) in [6, 6.07) is 11.0. The van der Waals surface area contributed by atoms with E-state index in [1.165, 1.54) is 26.4 Å². The number of hydrogen-bond donors (Lipinski definition) is 1. The molecule has 0 spiro atoms. The molecule has 2 N–H and O–H groups in total. The quantitative estimate of drug-likeness (QED) is 0.866. The third-order valence-corrected chi connectivity index (χ3v) is 4.46. The normalized spacial score (nSPS) is 12.7. The fraction of sp³-hybridized carbons (Fsp3) is 0.333. The second-order valence-electron chi connectivity index (χ2n) is 4.66. The van der Waals surface area contributed by atoms with E-state index in [9.17, 15) is 0 Å². The van der Waals surface area contributed by atoms with Gasteiger partial charge in [0.1, 0.15) is 0 Å². The number of hydrogen-bond acceptors (Lipinski definition) is 2. The minimum absolute atomic E-state index is 0.458. The highest BCUT2D eigenvalue weighted by atomic mass is 32.1. The predicted octanol–water partition coefficient (Wildman–Crippen LogP) is 4.09. The monoisotopic (exact) mass is 245 g/mol. The predicted molar refractivity (Wildman–Crippen MR) is 76.7 cm³/mol. The maximum absolute atomic E-state index is 5.71. The van der Waals surface area contributed by atoms with Gasteiger partial charge in [0, 0.05) is 15.7 Å². The molecule has 1 heterocycles. The summed E-state index contributed by atoms with van der Waals surface area (Å²) in [5.41, 5.74) is 9.72. The van der Waals surface area contributed by atoms with Gasteiger partial charge >= 0.3 is 0 Å². The van der Waals surface area contributed by atoms with Crippen molar-refractivity contribution in [1.82, 2.24) is 0 Å². The van der Waals surface area contributed by atoms with Crippen LogP contribution in [0.3, 0.4) is 0 Å². The number of benzene rings is 1. The Morgan fingerprint density at radius 2 is 1.94 bits per heavy atom. The van der Waals surface area contributed by atoms with E-state index in [1.54, 1.807) is 0 Å². The van der Waals surface area contributed by atoms with E-state index in [-0.39, 0.29) is 0 Å². The third kappa shape index (κ3) is 2.59. The third-order valence-electron chi connectivity index (χ3n) is 3.11. The fourth-order valence-corrected chi connectivity index (χ4v) is 3.13. The Balaban J connectivity index is 2.37. The van der Waals surface area contributed by atoms with Crippen LogP contribution < -0.4 is 5.73 Å². The van der Waals surface area contributed by atoms with Gasteiger partial charge in [-0.05, 0) is 43.7 Å². The summed E-state index contributed by atoms with van der Waals surface area (Å²) in [6.45, 7) is 7.20. The SMILES string of the molecule is Cc1ccc(-c2ccc(C(C)CN)s2)c(C)c1. The molecule has 0 aliphatic carbocycles. The van der Waals surface area contributed by atoms with E-state index < -0.39 is 0 Å². The highest BCUT2D eigenvalue weighted by Gasteiger charge is 2.09. The van der Waals surface area contributed by atoms with Crippen molar-refractivity contribution in [3.63, 3.8) is 0 Å². The largest absolute Gasteiger partial charge is 0.330 e. The van der Waals surface area contributed by atoms with Gasteiger partial charge in [-0.2, -0.15) is 0 Å². The van der Waals surface area contributed by atoms with Crippen molar-refractivity contribution in [3.8, 4) is 10.4 Å². The van der Waals surface area contributed by atoms with Gasteiger partial charge < -0.3 is 5.73 Å². The maximum Gasteiger partial charge on any atom is 0.0348 e. The van der Waals surface area contributed by atoms with Crippen LogP contribution in [0.5, 0.6) is 0 Å². The second-order valence-corrected chi connectivity index (χ2v) is 5.77. The Hall–Kier alpha value is -1.12. The molecule has 0 saturated heterocycles. The van der Waals surface area contributed by atoms with Crippen LogP contribution in [0.25, 0.3) is 10.4 Å². The molecule has 0 amide bonds. The molecule has 1 nitrogen and oxygen atoms in total. The van der Waals surface area contributed by atoms with E-state index in [2.05, 4.69) is 51.1 Å². The highest BCUT2D eigenvalue weighted by Crippen LogP contribution is 2.33. The summed E-state index contributed by atoms with van der Waals surface area (Å²) in [6.07, 6.45) is 0. The van der Waals surface area contributed by atoms with Crippen LogP contribution in [0.4, 0.5) is 0 Å². The summed E-state index contributed by atoms with van der Waals surface area (Å²) < 4.78 is 0. The topological polar surface area (TPSA) is 26.0 Å². The molecule has 0 fully saturated rings. The second kappa shape index (κ2) is 5.03. The van der Waals surface area contributed by atoms with E-state index in [4.69, 9.17) is 5.73 Å². The van der Waals surface area contributed by atoms with Crippen molar-refractivity contribution in [2.75, 3.05) is 6.54 Å². The lowest BCUT2D eigenvalue weighted by atomic mass is 10.0. The molecular weight excluding hydrogens is 226 g/mol. The fourth-order valence-electron chi connectivity index (χ4n) is 1.97. The van der Waals surface area contributed by atoms with Gasteiger partial charge in [0.2, 0.25) is 0 Å². The Bertz CT molecular complexity index is 513. The summed E-state index contributed by atoms with van der Waals surface area (Å²) in [7, 11) is 0. The van der Waals surface area contributed by atoms with Crippen LogP contribution in [-0.4, -0.2) is 6.54 Å². The molecule has 0 saturated carbocycles. The number of thiophene rings is 1. The zero-order chi connectivity index (χ0) is 12.4. The van der Waals surface area contributed by atoms with E-state index >= 15 is 0 Å². The van der Waals surface area contributed by atoms with Gasteiger partial charge in [-0.25, -0.2) is 0 Å². The molecule has 1 unspecified atom stereocenters. The first-order valence-corrected chi connectivity index (χ1v) is 6.81. The first kappa shape index (κ1) is 12.3. The van der Waals surface area contributed by atoms with Crippen LogP contribution in [0.1, 0.15) is 28.8 Å². The van der Waals surface area contributed by atoms with Crippen LogP contribution in [0.2, 0.25) is 0 Å². The molecule has 2 rings (SSSR count). The summed E-state index contributed by atoms with van der Waals surface area (Å²) in [4.78, 5) is 2.72. The molecule has 1 aromatic heterocycles. The van der Waals surface area contributed by atoms with E-state index in [1.807, 2.05) is 11.3 Å². The van der Waals surface area contributed by atoms with E-state index in [0.717, 1.165) is 0 Å². The smallest absolute Gasteiger partial charge is 0.0348 e. The van der Waals surface area contributed by atoms with Gasteiger partial charge in [0.15, 0.2) is 0 Å². The van der Waals surface area contributed by atoms with Crippen molar-refractivity contribution in [2.45, 2.75) is 26.7 Å². The van der Waals surface area contributed by atoms with Crippen molar-refractivity contribution in [1.29, 1.82) is 0 Å². The Morgan fingerprint density at radius 3 is 2.59 bits per heavy atom. The van der Waals surface area contributed by atoms with Crippen LogP contribution in [0, 0.1) is 13.8 Å². The van der Waals surface area contributed by atoms with Crippen LogP contribution >= 0.6 is 11.3 Å². The van der Waals surface area contributed by atoms with Crippen LogP contribution in [0.15, 0.2) is 30.3 Å². The Labute approximate surface area is 107 Å². The Kier molecular flexibility index (Phi) is 3.65. The number of aryl methyl sites for hydroxylation is 2.